The van der Waals surface area contributed by atoms with Gasteiger partial charge in [0.05, 0.1) is 13.2 Å². The van der Waals surface area contributed by atoms with Gasteiger partial charge in [-0.05, 0) is 41.5 Å². The Hall–Kier alpha value is -1.46. The number of hydrogen-bond acceptors (Lipinski definition) is 2. The molecule has 0 amide bonds. The van der Waals surface area contributed by atoms with Crippen LogP contribution in [0, 0.1) is 11.6 Å². The molecule has 0 aliphatic rings. The first kappa shape index (κ1) is 14.0. The highest BCUT2D eigenvalue weighted by Crippen LogP contribution is 2.30. The van der Waals surface area contributed by atoms with E-state index in [4.69, 9.17) is 10.5 Å². The highest BCUT2D eigenvalue weighted by atomic mass is 79.9. The van der Waals surface area contributed by atoms with Crippen molar-refractivity contribution in [3.8, 4) is 5.75 Å². The van der Waals surface area contributed by atoms with Crippen LogP contribution < -0.4 is 10.5 Å². The lowest BCUT2D eigenvalue weighted by molar-refractivity contribution is 0.414. The Kier molecular flexibility index (Phi) is 4.17. The highest BCUT2D eigenvalue weighted by molar-refractivity contribution is 9.10. The molecule has 2 N–H and O–H groups in total. The van der Waals surface area contributed by atoms with Crippen LogP contribution in [0.3, 0.4) is 0 Å². The van der Waals surface area contributed by atoms with Crippen LogP contribution >= 0.6 is 15.9 Å². The number of nitrogens with two attached hydrogens (primary N) is 1. The lowest BCUT2D eigenvalue weighted by Gasteiger charge is -2.15. The predicted molar refractivity (Wildman–Crippen MR) is 73.1 cm³/mol. The molecule has 2 aromatic rings. The molecule has 0 aliphatic heterocycles. The van der Waals surface area contributed by atoms with Gasteiger partial charge in [0, 0.05) is 4.47 Å². The molecule has 1 unspecified atom stereocenters. The van der Waals surface area contributed by atoms with Gasteiger partial charge in [-0.1, -0.05) is 22.0 Å². The van der Waals surface area contributed by atoms with Crippen LogP contribution in [0.25, 0.3) is 0 Å². The molecule has 5 heteroatoms. The van der Waals surface area contributed by atoms with Gasteiger partial charge in [0.2, 0.25) is 0 Å². The number of hydrogen-bond donors (Lipinski definition) is 1. The summed E-state index contributed by atoms with van der Waals surface area (Å²) in [4.78, 5) is 0. The maximum atomic E-state index is 13.2. The third-order valence-electron chi connectivity index (χ3n) is 2.84. The summed E-state index contributed by atoms with van der Waals surface area (Å²) in [5, 5.41) is 0. The van der Waals surface area contributed by atoms with Gasteiger partial charge in [-0.15, -0.1) is 0 Å². The van der Waals surface area contributed by atoms with Gasteiger partial charge in [-0.25, -0.2) is 8.78 Å². The molecule has 100 valence electrons. The molecular formula is C14H12BrF2NO. The summed E-state index contributed by atoms with van der Waals surface area (Å²) in [6.45, 7) is 0. The van der Waals surface area contributed by atoms with Crippen molar-refractivity contribution < 1.29 is 13.5 Å². The van der Waals surface area contributed by atoms with E-state index < -0.39 is 17.7 Å². The minimum absolute atomic E-state index is 0.493. The first-order chi connectivity index (χ1) is 9.02. The predicted octanol–water partition coefficient (Wildman–Crippen LogP) is 3.78. The molecule has 2 aromatic carbocycles. The minimum atomic E-state index is -0.910. The molecule has 0 bridgehead atoms. The Morgan fingerprint density at radius 2 is 1.84 bits per heavy atom. The van der Waals surface area contributed by atoms with Crippen molar-refractivity contribution in [3.05, 3.63) is 63.6 Å². The maximum absolute atomic E-state index is 13.2. The summed E-state index contributed by atoms with van der Waals surface area (Å²) in [7, 11) is 1.55. The molecule has 0 spiro atoms. The van der Waals surface area contributed by atoms with Crippen molar-refractivity contribution in [2.24, 2.45) is 5.73 Å². The van der Waals surface area contributed by atoms with Gasteiger partial charge >= 0.3 is 0 Å². The van der Waals surface area contributed by atoms with E-state index in [9.17, 15) is 8.78 Å². The van der Waals surface area contributed by atoms with E-state index in [0.29, 0.717) is 11.3 Å². The number of halogens is 3. The van der Waals surface area contributed by atoms with Crippen LogP contribution in [-0.4, -0.2) is 7.11 Å². The largest absolute Gasteiger partial charge is 0.497 e. The molecule has 0 saturated heterocycles. The SMILES string of the molecule is COc1ccc(Br)c(C(N)c2ccc(F)c(F)c2)c1. The molecule has 2 nitrogen and oxygen atoms in total. The second-order valence-corrected chi connectivity index (χ2v) is 4.89. The van der Waals surface area contributed by atoms with Crippen molar-refractivity contribution in [2.45, 2.75) is 6.04 Å². The van der Waals surface area contributed by atoms with Gasteiger partial charge in [0.15, 0.2) is 11.6 Å². The molecule has 0 aliphatic carbocycles. The molecule has 2 rings (SSSR count). The van der Waals surface area contributed by atoms with Gasteiger partial charge in [-0.2, -0.15) is 0 Å². The Balaban J connectivity index is 2.42. The van der Waals surface area contributed by atoms with Gasteiger partial charge < -0.3 is 10.5 Å². The molecule has 0 saturated carbocycles. The van der Waals surface area contributed by atoms with E-state index in [2.05, 4.69) is 15.9 Å². The Morgan fingerprint density at radius 3 is 2.47 bits per heavy atom. The molecule has 1 atom stereocenters. The first-order valence-electron chi connectivity index (χ1n) is 5.57. The zero-order chi connectivity index (χ0) is 14.0. The third-order valence-corrected chi connectivity index (χ3v) is 3.56. The summed E-state index contributed by atoms with van der Waals surface area (Å²) in [6, 6.07) is 8.41. The van der Waals surface area contributed by atoms with Crippen molar-refractivity contribution >= 4 is 15.9 Å². The van der Waals surface area contributed by atoms with E-state index >= 15 is 0 Å². The molecule has 0 fully saturated rings. The van der Waals surface area contributed by atoms with E-state index in [1.165, 1.54) is 6.07 Å². The van der Waals surface area contributed by atoms with E-state index in [0.717, 1.165) is 22.2 Å². The number of ether oxygens (including phenoxy) is 1. The van der Waals surface area contributed by atoms with E-state index in [1.54, 1.807) is 25.3 Å². The van der Waals surface area contributed by atoms with Crippen LogP contribution in [0.4, 0.5) is 8.78 Å². The van der Waals surface area contributed by atoms with E-state index in [1.807, 2.05) is 0 Å². The van der Waals surface area contributed by atoms with Crippen molar-refractivity contribution in [3.63, 3.8) is 0 Å². The standard InChI is InChI=1S/C14H12BrF2NO/c1-19-9-3-4-11(15)10(7-9)14(18)8-2-5-12(16)13(17)6-8/h2-7,14H,18H2,1H3. The molecule has 19 heavy (non-hydrogen) atoms. The average Bonchev–Trinajstić information content (AvgIpc) is 2.41. The third kappa shape index (κ3) is 2.93. The van der Waals surface area contributed by atoms with Crippen molar-refractivity contribution in [2.75, 3.05) is 7.11 Å². The lowest BCUT2D eigenvalue weighted by Crippen LogP contribution is -2.13. The fourth-order valence-corrected chi connectivity index (χ4v) is 2.27. The topological polar surface area (TPSA) is 35.2 Å². The lowest BCUT2D eigenvalue weighted by atomic mass is 9.99. The number of benzene rings is 2. The summed E-state index contributed by atoms with van der Waals surface area (Å²) < 4.78 is 32.1. The molecular weight excluding hydrogens is 316 g/mol. The molecule has 0 aromatic heterocycles. The summed E-state index contributed by atoms with van der Waals surface area (Å²) in [6.07, 6.45) is 0. The second kappa shape index (κ2) is 5.67. The van der Waals surface area contributed by atoms with Gasteiger partial charge in [-0.3, -0.25) is 0 Å². The van der Waals surface area contributed by atoms with Crippen LogP contribution in [0.15, 0.2) is 40.9 Å². The summed E-state index contributed by atoms with van der Waals surface area (Å²) >= 11 is 3.39. The monoisotopic (exact) mass is 327 g/mol. The quantitative estimate of drug-likeness (QED) is 0.931. The summed E-state index contributed by atoms with van der Waals surface area (Å²) in [5.41, 5.74) is 7.32. The smallest absolute Gasteiger partial charge is 0.159 e. The Morgan fingerprint density at radius 1 is 1.11 bits per heavy atom. The average molecular weight is 328 g/mol. The Labute approximate surface area is 118 Å². The van der Waals surface area contributed by atoms with Gasteiger partial charge in [0.1, 0.15) is 5.75 Å². The fraction of sp³-hybridized carbons (Fsp3) is 0.143. The highest BCUT2D eigenvalue weighted by Gasteiger charge is 2.15. The zero-order valence-corrected chi connectivity index (χ0v) is 11.7. The number of methoxy groups -OCH3 is 1. The van der Waals surface area contributed by atoms with E-state index in [-0.39, 0.29) is 0 Å². The van der Waals surface area contributed by atoms with Crippen LogP contribution in [0.2, 0.25) is 0 Å². The first-order valence-corrected chi connectivity index (χ1v) is 6.36. The summed E-state index contributed by atoms with van der Waals surface area (Å²) in [5.74, 6) is -1.15. The minimum Gasteiger partial charge on any atom is -0.497 e. The van der Waals surface area contributed by atoms with Crippen LogP contribution in [-0.2, 0) is 0 Å². The van der Waals surface area contributed by atoms with Gasteiger partial charge in [0.25, 0.3) is 0 Å². The van der Waals surface area contributed by atoms with Crippen LogP contribution in [0.5, 0.6) is 5.75 Å². The maximum Gasteiger partial charge on any atom is 0.159 e. The molecule has 0 radical (unpaired) electrons. The fourth-order valence-electron chi connectivity index (χ4n) is 1.77. The van der Waals surface area contributed by atoms with Crippen LogP contribution in [0.1, 0.15) is 17.2 Å². The zero-order valence-electron chi connectivity index (χ0n) is 10.2. The van der Waals surface area contributed by atoms with Crippen molar-refractivity contribution in [1.82, 2.24) is 0 Å². The second-order valence-electron chi connectivity index (χ2n) is 4.04. The normalized spacial score (nSPS) is 12.3. The number of rotatable bonds is 3. The van der Waals surface area contributed by atoms with Crippen molar-refractivity contribution in [1.29, 1.82) is 0 Å². The Bertz CT molecular complexity index is 604. The molecule has 0 heterocycles.